The number of carbonyl (C=O) groups excluding carboxylic acids is 1. The van der Waals surface area contributed by atoms with Crippen molar-refractivity contribution in [3.8, 4) is 33.4 Å². The average molecular weight is 757 g/mol. The third-order valence-electron chi connectivity index (χ3n) is 14.0. The van der Waals surface area contributed by atoms with Crippen LogP contribution in [0.25, 0.3) is 39.0 Å². The Morgan fingerprint density at radius 1 is 0.655 bits per heavy atom. The molecular formula is C56H52O2. The molecule has 0 aromatic heterocycles. The number of carbonyl (C=O) groups is 1. The molecule has 10 rings (SSSR count). The maximum Gasteiger partial charge on any atom is 0.330 e. The quantitative estimate of drug-likeness (QED) is 0.107. The number of benzene rings is 4. The molecule has 58 heavy (non-hydrogen) atoms. The molecule has 2 atom stereocenters. The Morgan fingerprint density at radius 3 is 1.83 bits per heavy atom. The summed E-state index contributed by atoms with van der Waals surface area (Å²) in [5.41, 5.74) is 24.3. The summed E-state index contributed by atoms with van der Waals surface area (Å²) in [6, 6.07) is 28.3. The van der Waals surface area contributed by atoms with Crippen LogP contribution < -0.4 is 0 Å². The van der Waals surface area contributed by atoms with E-state index in [1.807, 2.05) is 0 Å². The maximum atomic E-state index is 11.5. The topological polar surface area (TPSA) is 26.3 Å². The lowest BCUT2D eigenvalue weighted by molar-refractivity contribution is -0.137. The molecule has 0 fully saturated rings. The van der Waals surface area contributed by atoms with Crippen molar-refractivity contribution in [1.82, 2.24) is 0 Å². The predicted octanol–water partition coefficient (Wildman–Crippen LogP) is 13.5. The summed E-state index contributed by atoms with van der Waals surface area (Å²) in [5.74, 6) is 0.366. The molecule has 0 radical (unpaired) electrons. The number of hydrogen-bond acceptors (Lipinski definition) is 2. The predicted molar refractivity (Wildman–Crippen MR) is 240 cm³/mol. The van der Waals surface area contributed by atoms with Crippen molar-refractivity contribution >= 4 is 11.5 Å². The smallest absolute Gasteiger partial charge is 0.330 e. The molecule has 0 bridgehead atoms. The normalized spacial score (nSPS) is 20.8. The van der Waals surface area contributed by atoms with Crippen LogP contribution in [0, 0.1) is 17.3 Å². The van der Waals surface area contributed by atoms with Gasteiger partial charge in [0.2, 0.25) is 0 Å². The van der Waals surface area contributed by atoms with Gasteiger partial charge in [0.05, 0.1) is 6.61 Å². The Morgan fingerprint density at radius 2 is 1.21 bits per heavy atom. The Kier molecular flexibility index (Phi) is 8.13. The van der Waals surface area contributed by atoms with Crippen molar-refractivity contribution in [2.75, 3.05) is 6.61 Å². The fourth-order valence-electron chi connectivity index (χ4n) is 10.7. The fourth-order valence-corrected chi connectivity index (χ4v) is 10.7. The van der Waals surface area contributed by atoms with Crippen molar-refractivity contribution in [2.45, 2.75) is 72.1 Å². The highest BCUT2D eigenvalue weighted by molar-refractivity contribution is 5.90. The van der Waals surface area contributed by atoms with Crippen molar-refractivity contribution in [2.24, 2.45) is 17.3 Å². The number of esters is 1. The van der Waals surface area contributed by atoms with Crippen molar-refractivity contribution < 1.29 is 9.53 Å². The molecule has 6 aliphatic rings. The first-order valence-corrected chi connectivity index (χ1v) is 21.1. The van der Waals surface area contributed by atoms with Crippen molar-refractivity contribution in [1.29, 1.82) is 0 Å². The highest BCUT2D eigenvalue weighted by atomic mass is 16.5. The van der Waals surface area contributed by atoms with Crippen LogP contribution in [0.15, 0.2) is 162 Å². The summed E-state index contributed by atoms with van der Waals surface area (Å²) < 4.78 is 5.22. The minimum absolute atomic E-state index is 0.115. The molecule has 0 saturated heterocycles. The van der Waals surface area contributed by atoms with E-state index in [0.29, 0.717) is 18.4 Å². The summed E-state index contributed by atoms with van der Waals surface area (Å²) in [6.45, 7) is 20.3. The van der Waals surface area contributed by atoms with Gasteiger partial charge in [-0.15, -0.1) is 0 Å². The Labute approximate surface area is 344 Å². The molecule has 0 aliphatic heterocycles. The SMILES string of the molecule is C=CC(=O)OCCCc1ccc2c(c1)C(C)(C)c1cc(-c3ccc4c(c3)C(C)(C)c3cc(C5=C6C=CC7=CC(C(C)(C)C)=CC8=CC=C(C=C5)C6C87)ccc3-4)ccc1-2. The lowest BCUT2D eigenvalue weighted by Gasteiger charge is -2.42. The van der Waals surface area contributed by atoms with Gasteiger partial charge in [0.1, 0.15) is 0 Å². The number of aryl methyl sites for hydroxylation is 1. The molecule has 2 nitrogen and oxygen atoms in total. The first kappa shape index (κ1) is 36.6. The summed E-state index contributed by atoms with van der Waals surface area (Å²) in [4.78, 5) is 11.5. The zero-order valence-corrected chi connectivity index (χ0v) is 34.9. The van der Waals surface area contributed by atoms with E-state index in [-0.39, 0.29) is 22.2 Å². The second-order valence-corrected chi connectivity index (χ2v) is 19.2. The van der Waals surface area contributed by atoms with Gasteiger partial charge in [-0.1, -0.05) is 158 Å². The molecule has 6 aliphatic carbocycles. The molecule has 0 amide bonds. The van der Waals surface area contributed by atoms with Crippen LogP contribution in [0.5, 0.6) is 0 Å². The molecule has 2 heteroatoms. The van der Waals surface area contributed by atoms with Gasteiger partial charge < -0.3 is 4.74 Å². The van der Waals surface area contributed by atoms with Gasteiger partial charge >= 0.3 is 5.97 Å². The van der Waals surface area contributed by atoms with Crippen LogP contribution in [0.2, 0.25) is 0 Å². The van der Waals surface area contributed by atoms with Crippen LogP contribution in [0.3, 0.4) is 0 Å². The van der Waals surface area contributed by atoms with Crippen LogP contribution in [-0.4, -0.2) is 12.6 Å². The van der Waals surface area contributed by atoms with Crippen LogP contribution in [0.1, 0.15) is 88.3 Å². The summed E-state index contributed by atoms with van der Waals surface area (Å²) >= 11 is 0. The van der Waals surface area contributed by atoms with Gasteiger partial charge in [-0.2, -0.15) is 0 Å². The van der Waals surface area contributed by atoms with E-state index < -0.39 is 0 Å². The van der Waals surface area contributed by atoms with Gasteiger partial charge in [-0.25, -0.2) is 4.79 Å². The van der Waals surface area contributed by atoms with E-state index in [4.69, 9.17) is 4.74 Å². The zero-order valence-electron chi connectivity index (χ0n) is 34.9. The highest BCUT2D eigenvalue weighted by Gasteiger charge is 2.42. The molecule has 0 N–H and O–H groups in total. The summed E-state index contributed by atoms with van der Waals surface area (Å²) in [6.07, 6.45) is 22.0. The molecule has 0 heterocycles. The standard InChI is InChI=1S/C56H52O2/c1-9-51(57)58-26-10-11-33-12-20-42-43-22-16-35(30-48(43)55(5,6)47(42)27-33)36-17-23-44-45-24-18-37(32-50(45)56(7,8)49(44)31-36)41-21-15-34-13-14-38-28-40(54(2,3)4)29-39-19-25-46(41)53(34)52(38)39/h9,12-25,27-32,52-53H,1,10-11,26H2,2-8H3. The summed E-state index contributed by atoms with van der Waals surface area (Å²) in [5, 5.41) is 0. The molecular weight excluding hydrogens is 705 g/mol. The van der Waals surface area contributed by atoms with E-state index in [9.17, 15) is 4.79 Å². The van der Waals surface area contributed by atoms with E-state index in [2.05, 4.69) is 176 Å². The maximum absolute atomic E-state index is 11.5. The van der Waals surface area contributed by atoms with Gasteiger partial charge in [0.25, 0.3) is 0 Å². The van der Waals surface area contributed by atoms with Crippen LogP contribution in [0.4, 0.5) is 0 Å². The minimum atomic E-state index is -0.362. The first-order valence-electron chi connectivity index (χ1n) is 21.1. The first-order chi connectivity index (χ1) is 27.7. The largest absolute Gasteiger partial charge is 0.463 e. The lowest BCUT2D eigenvalue weighted by Crippen LogP contribution is -2.30. The third kappa shape index (κ3) is 5.55. The second-order valence-electron chi connectivity index (χ2n) is 19.2. The number of ether oxygens (including phenoxy) is 1. The molecule has 4 aromatic rings. The molecule has 4 aromatic carbocycles. The zero-order chi connectivity index (χ0) is 40.3. The number of allylic oxidation sites excluding steroid dienone is 14. The number of hydrogen-bond donors (Lipinski definition) is 0. The Balaban J connectivity index is 0.948. The third-order valence-corrected chi connectivity index (χ3v) is 14.0. The molecule has 0 spiro atoms. The van der Waals surface area contributed by atoms with Gasteiger partial charge in [-0.05, 0) is 137 Å². The van der Waals surface area contributed by atoms with Crippen LogP contribution >= 0.6 is 0 Å². The second kappa shape index (κ2) is 12.9. The van der Waals surface area contributed by atoms with Crippen molar-refractivity contribution in [3.05, 3.63) is 195 Å². The van der Waals surface area contributed by atoms with Gasteiger partial charge in [0, 0.05) is 28.7 Å². The van der Waals surface area contributed by atoms with E-state index in [1.165, 1.54) is 106 Å². The number of rotatable bonds is 7. The molecule has 288 valence electrons. The summed E-state index contributed by atoms with van der Waals surface area (Å²) in [7, 11) is 0. The monoisotopic (exact) mass is 756 g/mol. The van der Waals surface area contributed by atoms with Crippen molar-refractivity contribution in [3.63, 3.8) is 0 Å². The number of fused-ring (bicyclic) bond motifs is 6. The lowest BCUT2D eigenvalue weighted by atomic mass is 9.61. The van der Waals surface area contributed by atoms with Crippen LogP contribution in [-0.2, 0) is 26.8 Å². The van der Waals surface area contributed by atoms with Gasteiger partial charge in [0.15, 0.2) is 0 Å². The highest BCUT2D eigenvalue weighted by Crippen LogP contribution is 2.55. The van der Waals surface area contributed by atoms with E-state index in [0.717, 1.165) is 12.8 Å². The Bertz CT molecular complexity index is 2740. The minimum Gasteiger partial charge on any atom is -0.463 e. The Hall–Kier alpha value is -5.73. The van der Waals surface area contributed by atoms with E-state index in [1.54, 1.807) is 0 Å². The molecule has 0 saturated carbocycles. The average Bonchev–Trinajstić information content (AvgIpc) is 3.58. The van der Waals surface area contributed by atoms with E-state index >= 15 is 0 Å². The van der Waals surface area contributed by atoms with Gasteiger partial charge in [-0.3, -0.25) is 0 Å². The fraction of sp³-hybridized carbons (Fsp3) is 0.268. The molecule has 2 unspecified atom stereocenters.